The molecule has 0 aliphatic heterocycles. The maximum Gasteiger partial charge on any atom is 0.0136 e. The molecule has 0 heterocycles. The summed E-state index contributed by atoms with van der Waals surface area (Å²) < 4.78 is 0. The van der Waals surface area contributed by atoms with Crippen LogP contribution in [0, 0.1) is 19.8 Å². The second kappa shape index (κ2) is 6.38. The van der Waals surface area contributed by atoms with E-state index in [4.69, 9.17) is 0 Å². The van der Waals surface area contributed by atoms with E-state index in [2.05, 4.69) is 44.3 Å². The van der Waals surface area contributed by atoms with Crippen LogP contribution in [0.15, 0.2) is 18.2 Å². The molecule has 1 heteroatoms. The first-order chi connectivity index (χ1) is 8.70. The fraction of sp³-hybridized carbons (Fsp3) is 0.647. The standard InChI is InChI=1S/C17H27N/c1-4-10-18-17(15-6-5-7-15)12-16-11-13(2)8-9-14(16)3/h8-9,11,15,17-18H,4-7,10,12H2,1-3H3. The molecule has 1 aromatic carbocycles. The van der Waals surface area contributed by atoms with Crippen LogP contribution in [-0.4, -0.2) is 12.6 Å². The van der Waals surface area contributed by atoms with Gasteiger partial charge in [-0.1, -0.05) is 37.1 Å². The highest BCUT2D eigenvalue weighted by molar-refractivity contribution is 5.31. The minimum absolute atomic E-state index is 0.694. The van der Waals surface area contributed by atoms with Crippen LogP contribution in [-0.2, 0) is 6.42 Å². The predicted molar refractivity (Wildman–Crippen MR) is 79.0 cm³/mol. The maximum atomic E-state index is 3.77. The molecule has 1 N–H and O–H groups in total. The molecule has 0 bridgehead atoms. The summed E-state index contributed by atoms with van der Waals surface area (Å²) in [6.07, 6.45) is 6.72. The lowest BCUT2D eigenvalue weighted by molar-refractivity contribution is 0.227. The molecule has 0 radical (unpaired) electrons. The van der Waals surface area contributed by atoms with Gasteiger partial charge >= 0.3 is 0 Å². The molecule has 1 atom stereocenters. The van der Waals surface area contributed by atoms with Gasteiger partial charge in [-0.15, -0.1) is 0 Å². The Morgan fingerprint density at radius 3 is 2.67 bits per heavy atom. The van der Waals surface area contributed by atoms with Gasteiger partial charge in [-0.2, -0.15) is 0 Å². The van der Waals surface area contributed by atoms with E-state index in [0.29, 0.717) is 6.04 Å². The van der Waals surface area contributed by atoms with Crippen molar-refractivity contribution in [2.75, 3.05) is 6.54 Å². The van der Waals surface area contributed by atoms with Crippen LogP contribution in [0.5, 0.6) is 0 Å². The summed E-state index contributed by atoms with van der Waals surface area (Å²) in [6.45, 7) is 7.85. The zero-order chi connectivity index (χ0) is 13.0. The molecule has 0 saturated heterocycles. The molecule has 1 unspecified atom stereocenters. The maximum absolute atomic E-state index is 3.77. The number of aryl methyl sites for hydroxylation is 2. The second-order valence-electron chi connectivity index (χ2n) is 5.89. The molecule has 1 aliphatic rings. The molecule has 1 fully saturated rings. The Morgan fingerprint density at radius 1 is 1.28 bits per heavy atom. The van der Waals surface area contributed by atoms with Crippen LogP contribution in [0.4, 0.5) is 0 Å². The summed E-state index contributed by atoms with van der Waals surface area (Å²) in [5, 5.41) is 3.77. The molecule has 0 amide bonds. The molecular weight excluding hydrogens is 218 g/mol. The predicted octanol–water partition coefficient (Wildman–Crippen LogP) is 4.01. The summed E-state index contributed by atoms with van der Waals surface area (Å²) >= 11 is 0. The third-order valence-corrected chi connectivity index (χ3v) is 4.32. The van der Waals surface area contributed by atoms with Gasteiger partial charge in [0.25, 0.3) is 0 Å². The molecule has 0 spiro atoms. The molecule has 2 rings (SSSR count). The number of hydrogen-bond acceptors (Lipinski definition) is 1. The van der Waals surface area contributed by atoms with Crippen LogP contribution in [0.25, 0.3) is 0 Å². The number of nitrogens with one attached hydrogen (secondary N) is 1. The van der Waals surface area contributed by atoms with E-state index in [1.165, 1.54) is 48.8 Å². The van der Waals surface area contributed by atoms with Crippen molar-refractivity contribution in [2.24, 2.45) is 5.92 Å². The summed E-state index contributed by atoms with van der Waals surface area (Å²) in [4.78, 5) is 0. The average molecular weight is 245 g/mol. The van der Waals surface area contributed by atoms with E-state index < -0.39 is 0 Å². The smallest absolute Gasteiger partial charge is 0.0136 e. The molecule has 1 aliphatic carbocycles. The molecule has 0 aromatic heterocycles. The van der Waals surface area contributed by atoms with Crippen molar-refractivity contribution in [3.05, 3.63) is 34.9 Å². The zero-order valence-electron chi connectivity index (χ0n) is 12.1. The SMILES string of the molecule is CCCNC(Cc1cc(C)ccc1C)C1CCC1. The largest absolute Gasteiger partial charge is 0.313 e. The van der Waals surface area contributed by atoms with Crippen molar-refractivity contribution >= 4 is 0 Å². The highest BCUT2D eigenvalue weighted by Crippen LogP contribution is 2.31. The Morgan fingerprint density at radius 2 is 2.06 bits per heavy atom. The Kier molecular flexibility index (Phi) is 4.82. The topological polar surface area (TPSA) is 12.0 Å². The van der Waals surface area contributed by atoms with Crippen LogP contribution < -0.4 is 5.32 Å². The monoisotopic (exact) mass is 245 g/mol. The van der Waals surface area contributed by atoms with Crippen molar-refractivity contribution in [1.29, 1.82) is 0 Å². The van der Waals surface area contributed by atoms with E-state index in [1.54, 1.807) is 0 Å². The van der Waals surface area contributed by atoms with Gasteiger partial charge in [0.15, 0.2) is 0 Å². The van der Waals surface area contributed by atoms with Gasteiger partial charge in [0, 0.05) is 6.04 Å². The van der Waals surface area contributed by atoms with E-state index in [9.17, 15) is 0 Å². The molecular formula is C17H27N. The summed E-state index contributed by atoms with van der Waals surface area (Å²) in [7, 11) is 0. The van der Waals surface area contributed by atoms with E-state index in [-0.39, 0.29) is 0 Å². The quantitative estimate of drug-likeness (QED) is 0.798. The van der Waals surface area contributed by atoms with Crippen LogP contribution in [0.2, 0.25) is 0 Å². The van der Waals surface area contributed by atoms with Crippen LogP contribution in [0.1, 0.15) is 49.3 Å². The lowest BCUT2D eigenvalue weighted by Crippen LogP contribution is -2.41. The van der Waals surface area contributed by atoms with Crippen LogP contribution >= 0.6 is 0 Å². The normalized spacial score (nSPS) is 17.5. The first kappa shape index (κ1) is 13.6. The summed E-state index contributed by atoms with van der Waals surface area (Å²) in [5.74, 6) is 0.913. The van der Waals surface area contributed by atoms with Crippen LogP contribution in [0.3, 0.4) is 0 Å². The third kappa shape index (κ3) is 3.35. The van der Waals surface area contributed by atoms with E-state index >= 15 is 0 Å². The Balaban J connectivity index is 2.04. The van der Waals surface area contributed by atoms with Crippen molar-refractivity contribution in [3.8, 4) is 0 Å². The van der Waals surface area contributed by atoms with E-state index in [1.807, 2.05) is 0 Å². The molecule has 18 heavy (non-hydrogen) atoms. The lowest BCUT2D eigenvalue weighted by atomic mass is 9.77. The van der Waals surface area contributed by atoms with E-state index in [0.717, 1.165) is 12.5 Å². The van der Waals surface area contributed by atoms with Gasteiger partial charge in [-0.3, -0.25) is 0 Å². The lowest BCUT2D eigenvalue weighted by Gasteiger charge is -2.35. The average Bonchev–Trinajstić information content (AvgIpc) is 2.28. The number of rotatable bonds is 6. The second-order valence-corrected chi connectivity index (χ2v) is 5.89. The fourth-order valence-corrected chi connectivity index (χ4v) is 2.83. The van der Waals surface area contributed by atoms with Gasteiger partial charge in [0.05, 0.1) is 0 Å². The minimum atomic E-state index is 0.694. The zero-order valence-corrected chi connectivity index (χ0v) is 12.1. The van der Waals surface area contributed by atoms with Gasteiger partial charge in [-0.25, -0.2) is 0 Å². The Hall–Kier alpha value is -0.820. The van der Waals surface area contributed by atoms with Crippen molar-refractivity contribution in [1.82, 2.24) is 5.32 Å². The number of benzene rings is 1. The van der Waals surface area contributed by atoms with Crippen molar-refractivity contribution in [2.45, 2.75) is 58.9 Å². The highest BCUT2D eigenvalue weighted by Gasteiger charge is 2.27. The fourth-order valence-electron chi connectivity index (χ4n) is 2.83. The summed E-state index contributed by atoms with van der Waals surface area (Å²) in [6, 6.07) is 7.55. The molecule has 1 saturated carbocycles. The third-order valence-electron chi connectivity index (χ3n) is 4.32. The molecule has 1 nitrogen and oxygen atoms in total. The summed E-state index contributed by atoms with van der Waals surface area (Å²) in [5.41, 5.74) is 4.37. The highest BCUT2D eigenvalue weighted by atomic mass is 14.9. The van der Waals surface area contributed by atoms with Crippen molar-refractivity contribution < 1.29 is 0 Å². The first-order valence-electron chi connectivity index (χ1n) is 7.50. The van der Waals surface area contributed by atoms with Gasteiger partial charge in [-0.05, 0) is 63.1 Å². The number of hydrogen-bond donors (Lipinski definition) is 1. The van der Waals surface area contributed by atoms with Gasteiger partial charge in [0.2, 0.25) is 0 Å². The van der Waals surface area contributed by atoms with Crippen molar-refractivity contribution in [3.63, 3.8) is 0 Å². The molecule has 100 valence electrons. The minimum Gasteiger partial charge on any atom is -0.313 e. The Bertz CT molecular complexity index is 379. The Labute approximate surface area is 112 Å². The van der Waals surface area contributed by atoms with Gasteiger partial charge < -0.3 is 5.32 Å². The first-order valence-corrected chi connectivity index (χ1v) is 7.50. The molecule has 1 aromatic rings. The van der Waals surface area contributed by atoms with Gasteiger partial charge in [0.1, 0.15) is 0 Å².